The second kappa shape index (κ2) is 8.92. The summed E-state index contributed by atoms with van der Waals surface area (Å²) in [6.45, 7) is 0. The van der Waals surface area contributed by atoms with Crippen molar-refractivity contribution in [2.24, 2.45) is 0 Å². The Morgan fingerprint density at radius 3 is 2.13 bits per heavy atom. The molecule has 0 aromatic heterocycles. The molecule has 4 nitrogen and oxygen atoms in total. The van der Waals surface area contributed by atoms with Crippen LogP contribution >= 0.6 is 15.9 Å². The van der Waals surface area contributed by atoms with E-state index in [9.17, 15) is 15.0 Å². The summed E-state index contributed by atoms with van der Waals surface area (Å²) < 4.78 is 0.525. The zero-order chi connectivity index (χ0) is 10.0. The molecule has 68 valence electrons. The molecule has 0 aliphatic heterocycles. The minimum atomic E-state index is -1.46. The first kappa shape index (κ1) is 19.3. The fraction of sp³-hybridized carbons (Fsp3) is 0. The summed E-state index contributed by atoms with van der Waals surface area (Å²) in [7, 11) is 0. The number of hydrogen-bond donors (Lipinski definition) is 1. The van der Waals surface area contributed by atoms with Crippen LogP contribution in [0.15, 0.2) is 22.7 Å². The average Bonchev–Trinajstić information content (AvgIpc) is 2.03. The van der Waals surface area contributed by atoms with Crippen molar-refractivity contribution < 1.29 is 118 Å². The minimum Gasteiger partial charge on any atom is -0.859 e. The maximum absolute atomic E-state index is 10.6. The maximum atomic E-state index is 10.6. The van der Waals surface area contributed by atoms with Crippen molar-refractivity contribution in [1.82, 2.24) is 0 Å². The van der Waals surface area contributed by atoms with E-state index in [1.54, 1.807) is 0 Å². The van der Waals surface area contributed by atoms with Crippen molar-refractivity contribution in [2.45, 2.75) is 0 Å². The Bertz CT molecular complexity index is 384. The number of nitrogens with one attached hydrogen (secondary N) is 1. The van der Waals surface area contributed by atoms with E-state index < -0.39 is 11.9 Å². The van der Waals surface area contributed by atoms with E-state index in [2.05, 4.69) is 15.9 Å². The van der Waals surface area contributed by atoms with Gasteiger partial charge in [0, 0.05) is 10.0 Å². The number of carboxylic acids is 1. The third-order valence-corrected chi connectivity index (χ3v) is 1.94. The topological polar surface area (TPSA) is 87.0 Å². The van der Waals surface area contributed by atoms with Gasteiger partial charge in [0.25, 0.3) is 0 Å². The van der Waals surface area contributed by atoms with Gasteiger partial charge >= 0.3 is 103 Å². The number of carbonyl (C=O) groups excluding carboxylic acids is 1. The number of aromatic carboxylic acids is 1. The van der Waals surface area contributed by atoms with E-state index in [1.165, 1.54) is 18.2 Å². The van der Waals surface area contributed by atoms with Crippen LogP contribution in [0.3, 0.4) is 0 Å². The van der Waals surface area contributed by atoms with Gasteiger partial charge in [-0.1, -0.05) is 22.0 Å². The molecule has 0 amide bonds. The fourth-order valence-electron chi connectivity index (χ4n) is 0.883. The van der Waals surface area contributed by atoms with Crippen molar-refractivity contribution in [2.75, 3.05) is 0 Å². The molecule has 1 N–H and O–H groups in total. The van der Waals surface area contributed by atoms with Gasteiger partial charge in [-0.3, -0.25) is 0 Å². The van der Waals surface area contributed by atoms with Crippen molar-refractivity contribution >= 4 is 27.8 Å². The van der Waals surface area contributed by atoms with Crippen LogP contribution in [0.2, 0.25) is 0 Å². The predicted molar refractivity (Wildman–Crippen MR) is 45.3 cm³/mol. The smallest absolute Gasteiger partial charge is 0.859 e. The molecule has 7 heteroatoms. The quantitative estimate of drug-likeness (QED) is 0.334. The van der Waals surface area contributed by atoms with Gasteiger partial charge in [0.2, 0.25) is 0 Å². The molecule has 0 atom stereocenters. The fourth-order valence-corrected chi connectivity index (χ4v) is 1.24. The second-order valence-corrected chi connectivity index (χ2v) is 3.22. The molecule has 0 unspecified atom stereocenters. The summed E-state index contributed by atoms with van der Waals surface area (Å²) in [5, 5.41) is 27.9. The van der Waals surface area contributed by atoms with Crippen LogP contribution in [0.25, 0.3) is 0 Å². The first-order valence-corrected chi connectivity index (χ1v) is 4.08. The Morgan fingerprint density at radius 1 is 1.20 bits per heavy atom. The van der Waals surface area contributed by atoms with Gasteiger partial charge in [-0.2, -0.15) is 0 Å². The summed E-state index contributed by atoms with van der Waals surface area (Å²) in [6.07, 6.45) is 0. The standard InChI is InChI=1S/C8H6BrNO3.2K/c9-4-1-2-5(7(10)11)6(3-4)8(12)13;;/h1-3H,(H2,10,11)(H,12,13);;/q;2*+1/p-2. The summed E-state index contributed by atoms with van der Waals surface area (Å²) in [5.41, 5.74) is -0.433. The second-order valence-electron chi connectivity index (χ2n) is 2.31. The molecule has 0 heterocycles. The molecule has 0 saturated heterocycles. The third kappa shape index (κ3) is 5.87. The summed E-state index contributed by atoms with van der Waals surface area (Å²) >= 11 is 3.05. The summed E-state index contributed by atoms with van der Waals surface area (Å²) in [4.78, 5) is 10.5. The number of hydrogen-bond acceptors (Lipinski definition) is 4. The largest absolute Gasteiger partial charge is 1.00 e. The molecule has 0 radical (unpaired) electrons. The normalized spacial score (nSPS) is 8.33. The number of carboxylic acid groups (broad SMARTS) is 1. The summed E-state index contributed by atoms with van der Waals surface area (Å²) in [5.74, 6) is -2.50. The molecule has 0 bridgehead atoms. The van der Waals surface area contributed by atoms with Gasteiger partial charge < -0.3 is 20.4 Å². The molecule has 1 rings (SSSR count). The minimum absolute atomic E-state index is 0. The Hall–Kier alpha value is 1.91. The van der Waals surface area contributed by atoms with Gasteiger partial charge in [0.15, 0.2) is 0 Å². The zero-order valence-electron chi connectivity index (χ0n) is 8.33. The molecular weight excluding hydrogens is 316 g/mol. The Morgan fingerprint density at radius 2 is 1.73 bits per heavy atom. The monoisotopic (exact) mass is 319 g/mol. The van der Waals surface area contributed by atoms with Crippen LogP contribution in [0.5, 0.6) is 0 Å². The van der Waals surface area contributed by atoms with Crippen LogP contribution in [-0.4, -0.2) is 11.9 Å². The van der Waals surface area contributed by atoms with Gasteiger partial charge in [0.05, 0.1) is 5.97 Å². The molecule has 0 spiro atoms. The number of rotatable bonds is 2. The van der Waals surface area contributed by atoms with Crippen LogP contribution in [0.4, 0.5) is 0 Å². The van der Waals surface area contributed by atoms with Gasteiger partial charge in [-0.05, 0) is 23.6 Å². The first-order chi connectivity index (χ1) is 6.02. The van der Waals surface area contributed by atoms with Gasteiger partial charge in [-0.25, -0.2) is 0 Å². The molecule has 0 fully saturated rings. The van der Waals surface area contributed by atoms with Crippen LogP contribution in [-0.2, 0) is 0 Å². The van der Waals surface area contributed by atoms with Crippen molar-refractivity contribution in [3.63, 3.8) is 0 Å². The van der Waals surface area contributed by atoms with E-state index in [-0.39, 0.29) is 114 Å². The first-order valence-electron chi connectivity index (χ1n) is 3.29. The van der Waals surface area contributed by atoms with E-state index in [0.29, 0.717) is 4.47 Å². The van der Waals surface area contributed by atoms with E-state index in [0.717, 1.165) is 0 Å². The van der Waals surface area contributed by atoms with Gasteiger partial charge in [-0.15, -0.1) is 0 Å². The van der Waals surface area contributed by atoms with Crippen LogP contribution < -0.4 is 113 Å². The molecular formula is C8H4BrK2NO3. The van der Waals surface area contributed by atoms with E-state index in [1.807, 2.05) is 0 Å². The molecule has 0 saturated carbocycles. The summed E-state index contributed by atoms with van der Waals surface area (Å²) in [6, 6.07) is 4.00. The average molecular weight is 320 g/mol. The Labute approximate surface area is 180 Å². The molecule has 1 aromatic rings. The van der Waals surface area contributed by atoms with Crippen LogP contribution in [0, 0.1) is 5.41 Å². The number of carbonyl (C=O) groups is 1. The van der Waals surface area contributed by atoms with Crippen molar-refractivity contribution in [3.05, 3.63) is 33.8 Å². The Kier molecular flexibility index (Phi) is 11.5. The predicted octanol–water partition coefficient (Wildman–Crippen LogP) is -6.49. The Balaban J connectivity index is 0. The molecule has 1 aromatic carbocycles. The van der Waals surface area contributed by atoms with Gasteiger partial charge in [0.1, 0.15) is 0 Å². The van der Waals surface area contributed by atoms with Crippen LogP contribution in [0.1, 0.15) is 15.9 Å². The van der Waals surface area contributed by atoms with E-state index >= 15 is 0 Å². The molecule has 0 aliphatic carbocycles. The molecule has 15 heavy (non-hydrogen) atoms. The van der Waals surface area contributed by atoms with E-state index in [4.69, 9.17) is 5.41 Å². The van der Waals surface area contributed by atoms with Crippen molar-refractivity contribution in [3.8, 4) is 0 Å². The van der Waals surface area contributed by atoms with Crippen molar-refractivity contribution in [1.29, 1.82) is 5.41 Å². The third-order valence-electron chi connectivity index (χ3n) is 1.45. The maximum Gasteiger partial charge on any atom is 1.00 e. The number of halogens is 1. The molecule has 0 aliphatic rings. The zero-order valence-corrected chi connectivity index (χ0v) is 16.2. The SMILES string of the molecule is N=C([O-])c1ccc(Br)cc1C(=O)[O-].[K+].[K+]. The number of benzene rings is 1.